The Bertz CT molecular complexity index is 940. The highest BCUT2D eigenvalue weighted by molar-refractivity contribution is 6.33. The van der Waals surface area contributed by atoms with Crippen LogP contribution in [0.25, 0.3) is 0 Å². The first-order valence-electron chi connectivity index (χ1n) is 11.0. The van der Waals surface area contributed by atoms with Crippen LogP contribution in [-0.4, -0.2) is 85.5 Å². The molecule has 8 heteroatoms. The Morgan fingerprint density at radius 1 is 0.906 bits per heavy atom. The molecule has 0 saturated carbocycles. The molecule has 2 aromatic rings. The molecule has 2 saturated heterocycles. The molecule has 0 radical (unpaired) electrons. The van der Waals surface area contributed by atoms with E-state index in [1.165, 1.54) is 0 Å². The van der Waals surface area contributed by atoms with Crippen LogP contribution >= 0.6 is 11.6 Å². The average Bonchev–Trinajstić information content (AvgIpc) is 2.81. The number of hydrogen-bond donors (Lipinski definition) is 1. The predicted octanol–water partition coefficient (Wildman–Crippen LogP) is 2.57. The number of carbonyl (C=O) groups excluding carboxylic acids is 2. The number of ether oxygens (including phenoxy) is 1. The zero-order valence-electron chi connectivity index (χ0n) is 18.1. The minimum Gasteiger partial charge on any atom is -0.379 e. The van der Waals surface area contributed by atoms with E-state index in [-0.39, 0.29) is 18.4 Å². The Morgan fingerprint density at radius 2 is 1.66 bits per heavy atom. The molecule has 0 aliphatic carbocycles. The van der Waals surface area contributed by atoms with Crippen LogP contribution in [0.4, 0.5) is 5.69 Å². The Labute approximate surface area is 193 Å². The molecule has 7 nitrogen and oxygen atoms in total. The van der Waals surface area contributed by atoms with E-state index in [0.717, 1.165) is 44.0 Å². The lowest BCUT2D eigenvalue weighted by Crippen LogP contribution is -2.50. The summed E-state index contributed by atoms with van der Waals surface area (Å²) in [5, 5.41) is 3.37. The number of nitrogens with one attached hydrogen (secondary N) is 1. The number of nitrogens with zero attached hydrogens (tertiary/aromatic N) is 3. The van der Waals surface area contributed by atoms with Gasteiger partial charge in [-0.25, -0.2) is 0 Å². The van der Waals surface area contributed by atoms with E-state index < -0.39 is 0 Å². The fourth-order valence-electron chi connectivity index (χ4n) is 4.07. The highest BCUT2D eigenvalue weighted by Gasteiger charge is 2.24. The highest BCUT2D eigenvalue weighted by atomic mass is 35.5. The van der Waals surface area contributed by atoms with Crippen molar-refractivity contribution >= 4 is 29.1 Å². The van der Waals surface area contributed by atoms with Gasteiger partial charge in [-0.05, 0) is 29.8 Å². The molecule has 2 heterocycles. The molecular weight excluding hydrogens is 428 g/mol. The molecule has 2 aromatic carbocycles. The van der Waals surface area contributed by atoms with Crippen LogP contribution in [-0.2, 0) is 16.1 Å². The number of piperazine rings is 1. The van der Waals surface area contributed by atoms with E-state index >= 15 is 0 Å². The number of hydrogen-bond acceptors (Lipinski definition) is 5. The number of rotatable bonds is 6. The molecule has 0 atom stereocenters. The summed E-state index contributed by atoms with van der Waals surface area (Å²) in [5.41, 5.74) is 2.48. The highest BCUT2D eigenvalue weighted by Crippen LogP contribution is 2.20. The van der Waals surface area contributed by atoms with Gasteiger partial charge in [0, 0.05) is 51.4 Å². The minimum atomic E-state index is -0.103. The number of carbonyl (C=O) groups is 2. The van der Waals surface area contributed by atoms with Gasteiger partial charge in [-0.3, -0.25) is 19.4 Å². The first-order valence-corrected chi connectivity index (χ1v) is 11.4. The average molecular weight is 457 g/mol. The van der Waals surface area contributed by atoms with Crippen LogP contribution in [0.3, 0.4) is 0 Å². The number of morpholine rings is 1. The largest absolute Gasteiger partial charge is 0.379 e. The first-order chi connectivity index (χ1) is 15.6. The summed E-state index contributed by atoms with van der Waals surface area (Å²) in [6.45, 7) is 7.01. The topological polar surface area (TPSA) is 65.1 Å². The van der Waals surface area contributed by atoms with Crippen LogP contribution in [0.5, 0.6) is 0 Å². The van der Waals surface area contributed by atoms with E-state index in [0.29, 0.717) is 36.9 Å². The predicted molar refractivity (Wildman–Crippen MR) is 125 cm³/mol. The molecule has 2 aliphatic heterocycles. The Balaban J connectivity index is 1.26. The SMILES string of the molecule is O=C(CN1CCN(C(=O)c2cccc(CN3CCOCC3)c2)CC1)Nc1ccccc1Cl. The van der Waals surface area contributed by atoms with Crippen molar-refractivity contribution < 1.29 is 14.3 Å². The third kappa shape index (κ3) is 6.07. The van der Waals surface area contributed by atoms with E-state index in [2.05, 4.69) is 21.2 Å². The fraction of sp³-hybridized carbons (Fsp3) is 0.417. The maximum absolute atomic E-state index is 13.0. The van der Waals surface area contributed by atoms with Gasteiger partial charge >= 0.3 is 0 Å². The summed E-state index contributed by atoms with van der Waals surface area (Å²) in [5.74, 6) is -0.0531. The Kier molecular flexibility index (Phi) is 7.76. The zero-order valence-corrected chi connectivity index (χ0v) is 18.9. The van der Waals surface area contributed by atoms with Crippen LogP contribution in [0.1, 0.15) is 15.9 Å². The molecule has 2 fully saturated rings. The molecule has 0 spiro atoms. The summed E-state index contributed by atoms with van der Waals surface area (Å²) in [4.78, 5) is 31.7. The van der Waals surface area contributed by atoms with E-state index in [4.69, 9.17) is 16.3 Å². The quantitative estimate of drug-likeness (QED) is 0.723. The maximum Gasteiger partial charge on any atom is 0.253 e. The summed E-state index contributed by atoms with van der Waals surface area (Å²) in [6.07, 6.45) is 0. The van der Waals surface area contributed by atoms with Gasteiger partial charge in [0.15, 0.2) is 0 Å². The van der Waals surface area contributed by atoms with Gasteiger partial charge < -0.3 is 15.0 Å². The van der Waals surface area contributed by atoms with Gasteiger partial charge in [0.1, 0.15) is 0 Å². The molecule has 2 aliphatic rings. The standard InChI is InChI=1S/C24H29ClN4O3/c25-21-6-1-2-7-22(21)26-23(30)18-27-8-10-29(11-9-27)24(31)20-5-3-4-19(16-20)17-28-12-14-32-15-13-28/h1-7,16H,8-15,17-18H2,(H,26,30). The molecule has 2 amide bonds. The van der Waals surface area contributed by atoms with Crippen LogP contribution in [0.15, 0.2) is 48.5 Å². The second kappa shape index (κ2) is 10.9. The van der Waals surface area contributed by atoms with Crippen LogP contribution < -0.4 is 5.32 Å². The second-order valence-corrected chi connectivity index (χ2v) is 8.59. The lowest BCUT2D eigenvalue weighted by Gasteiger charge is -2.34. The molecule has 0 unspecified atom stereocenters. The van der Waals surface area contributed by atoms with Gasteiger partial charge in [-0.1, -0.05) is 35.9 Å². The number of para-hydroxylation sites is 1. The summed E-state index contributed by atoms with van der Waals surface area (Å²) >= 11 is 6.11. The molecule has 1 N–H and O–H groups in total. The lowest BCUT2D eigenvalue weighted by molar-refractivity contribution is -0.117. The maximum atomic E-state index is 13.0. The van der Waals surface area contributed by atoms with Gasteiger partial charge in [0.2, 0.25) is 5.91 Å². The number of anilines is 1. The van der Waals surface area contributed by atoms with Crippen molar-refractivity contribution in [3.63, 3.8) is 0 Å². The Morgan fingerprint density at radius 3 is 2.41 bits per heavy atom. The monoisotopic (exact) mass is 456 g/mol. The van der Waals surface area contributed by atoms with Gasteiger partial charge in [0.05, 0.1) is 30.5 Å². The van der Waals surface area contributed by atoms with Crippen molar-refractivity contribution in [3.05, 3.63) is 64.7 Å². The van der Waals surface area contributed by atoms with Crippen molar-refractivity contribution in [3.8, 4) is 0 Å². The van der Waals surface area contributed by atoms with Crippen molar-refractivity contribution in [1.82, 2.24) is 14.7 Å². The van der Waals surface area contributed by atoms with Crippen LogP contribution in [0.2, 0.25) is 5.02 Å². The summed E-state index contributed by atoms with van der Waals surface area (Å²) in [6, 6.07) is 15.1. The zero-order chi connectivity index (χ0) is 22.3. The normalized spacial score (nSPS) is 17.8. The molecular formula is C24H29ClN4O3. The van der Waals surface area contributed by atoms with Crippen molar-refractivity contribution in [1.29, 1.82) is 0 Å². The van der Waals surface area contributed by atoms with E-state index in [9.17, 15) is 9.59 Å². The summed E-state index contributed by atoms with van der Waals surface area (Å²) < 4.78 is 5.41. The van der Waals surface area contributed by atoms with E-state index in [1.807, 2.05) is 35.2 Å². The number of amides is 2. The molecule has 170 valence electrons. The molecule has 0 aromatic heterocycles. The third-order valence-electron chi connectivity index (χ3n) is 5.86. The van der Waals surface area contributed by atoms with Crippen molar-refractivity contribution in [2.24, 2.45) is 0 Å². The van der Waals surface area contributed by atoms with Crippen LogP contribution in [0, 0.1) is 0 Å². The molecule has 4 rings (SSSR count). The minimum absolute atomic E-state index is 0.0500. The lowest BCUT2D eigenvalue weighted by atomic mass is 10.1. The van der Waals surface area contributed by atoms with Crippen molar-refractivity contribution in [2.75, 3.05) is 64.3 Å². The molecule has 32 heavy (non-hydrogen) atoms. The fourth-order valence-corrected chi connectivity index (χ4v) is 4.25. The van der Waals surface area contributed by atoms with Gasteiger partial charge in [-0.15, -0.1) is 0 Å². The van der Waals surface area contributed by atoms with Gasteiger partial charge in [-0.2, -0.15) is 0 Å². The van der Waals surface area contributed by atoms with Gasteiger partial charge in [0.25, 0.3) is 5.91 Å². The van der Waals surface area contributed by atoms with Crippen molar-refractivity contribution in [2.45, 2.75) is 6.54 Å². The van der Waals surface area contributed by atoms with E-state index in [1.54, 1.807) is 12.1 Å². The molecule has 0 bridgehead atoms. The third-order valence-corrected chi connectivity index (χ3v) is 6.19. The number of benzene rings is 2. The first kappa shape index (κ1) is 22.7. The summed E-state index contributed by atoms with van der Waals surface area (Å²) in [7, 11) is 0. The smallest absolute Gasteiger partial charge is 0.253 e. The second-order valence-electron chi connectivity index (χ2n) is 8.19. The number of halogens is 1. The Hall–Kier alpha value is -2.45.